The highest BCUT2D eigenvalue weighted by molar-refractivity contribution is 6.07. The van der Waals surface area contributed by atoms with Crippen LogP contribution < -0.4 is 20.3 Å². The molecule has 166 valence electrons. The number of ether oxygens (including phenoxy) is 1. The number of aryl methyl sites for hydroxylation is 1. The summed E-state index contributed by atoms with van der Waals surface area (Å²) in [5, 5.41) is 14.7. The minimum absolute atomic E-state index is 0.0562. The smallest absolute Gasteiger partial charge is 0.265 e. The van der Waals surface area contributed by atoms with E-state index in [9.17, 15) is 23.9 Å². The number of aliphatic hydroxyl groups excluding tert-OH is 1. The molecule has 0 saturated carbocycles. The topological polar surface area (TPSA) is 108 Å². The van der Waals surface area contributed by atoms with Crippen LogP contribution in [-0.2, 0) is 14.4 Å². The highest BCUT2D eigenvalue weighted by Gasteiger charge is 2.30. The molecule has 0 bridgehead atoms. The molecule has 2 aromatic carbocycles. The van der Waals surface area contributed by atoms with Gasteiger partial charge in [-0.2, -0.15) is 0 Å². The Morgan fingerprint density at radius 1 is 1.28 bits per heavy atom. The summed E-state index contributed by atoms with van der Waals surface area (Å²) in [6.45, 7) is 1.56. The highest BCUT2D eigenvalue weighted by Crippen LogP contribution is 2.37. The Hall–Kier alpha value is -3.72. The standard InChI is InChI=1S/C23H22FN3O5/c1-13-8-20-19(27(6-7-28)22(30)12-32-20)10-18(13)26-23(31)17-11-25-21(29)9-16(17)14-2-4-15(24)5-3-14/h2-5,8,10-11,16,28H,6-7,9,12H2,1H3,(H,25,29)(H,26,31). The fourth-order valence-corrected chi connectivity index (χ4v) is 3.85. The molecule has 2 aliphatic heterocycles. The molecule has 0 spiro atoms. The van der Waals surface area contributed by atoms with Crippen molar-refractivity contribution in [2.75, 3.05) is 30.0 Å². The molecule has 0 radical (unpaired) electrons. The summed E-state index contributed by atoms with van der Waals surface area (Å²) in [6, 6.07) is 9.04. The van der Waals surface area contributed by atoms with Gasteiger partial charge in [0.1, 0.15) is 11.6 Å². The second-order valence-electron chi connectivity index (χ2n) is 7.62. The van der Waals surface area contributed by atoms with E-state index in [4.69, 9.17) is 4.74 Å². The van der Waals surface area contributed by atoms with Gasteiger partial charge in [-0.25, -0.2) is 4.39 Å². The average Bonchev–Trinajstić information content (AvgIpc) is 2.77. The summed E-state index contributed by atoms with van der Waals surface area (Å²) >= 11 is 0. The second-order valence-corrected chi connectivity index (χ2v) is 7.62. The van der Waals surface area contributed by atoms with Gasteiger partial charge in [0.05, 0.1) is 12.3 Å². The number of nitrogens with zero attached hydrogens (tertiary/aromatic N) is 1. The van der Waals surface area contributed by atoms with Crippen LogP contribution in [0.25, 0.3) is 0 Å². The van der Waals surface area contributed by atoms with Crippen LogP contribution >= 0.6 is 0 Å². The van der Waals surface area contributed by atoms with Crippen molar-refractivity contribution in [2.45, 2.75) is 19.3 Å². The fraction of sp³-hybridized carbons (Fsp3) is 0.261. The van der Waals surface area contributed by atoms with Crippen molar-refractivity contribution < 1.29 is 28.6 Å². The Morgan fingerprint density at radius 2 is 2.03 bits per heavy atom. The summed E-state index contributed by atoms with van der Waals surface area (Å²) in [5.41, 5.74) is 2.61. The van der Waals surface area contributed by atoms with E-state index in [1.54, 1.807) is 31.2 Å². The van der Waals surface area contributed by atoms with Crippen molar-refractivity contribution in [3.8, 4) is 5.75 Å². The number of rotatable bonds is 5. The van der Waals surface area contributed by atoms with E-state index in [0.717, 1.165) is 0 Å². The first-order valence-corrected chi connectivity index (χ1v) is 10.1. The number of fused-ring (bicyclic) bond motifs is 1. The quantitative estimate of drug-likeness (QED) is 0.660. The molecule has 32 heavy (non-hydrogen) atoms. The lowest BCUT2D eigenvalue weighted by Crippen LogP contribution is -2.40. The highest BCUT2D eigenvalue weighted by atomic mass is 19.1. The Bertz CT molecular complexity index is 1110. The fourth-order valence-electron chi connectivity index (χ4n) is 3.85. The Kier molecular flexibility index (Phi) is 5.91. The molecular weight excluding hydrogens is 417 g/mol. The maximum absolute atomic E-state index is 13.3. The van der Waals surface area contributed by atoms with Gasteiger partial charge in [0, 0.05) is 36.3 Å². The van der Waals surface area contributed by atoms with Crippen LogP contribution in [0.5, 0.6) is 5.75 Å². The molecule has 1 unspecified atom stereocenters. The summed E-state index contributed by atoms with van der Waals surface area (Å²) in [6.07, 6.45) is 1.42. The summed E-state index contributed by atoms with van der Waals surface area (Å²) < 4.78 is 18.8. The maximum Gasteiger partial charge on any atom is 0.265 e. The number of nitrogens with one attached hydrogen (secondary N) is 2. The van der Waals surface area contributed by atoms with Crippen LogP contribution in [0.15, 0.2) is 48.2 Å². The van der Waals surface area contributed by atoms with Gasteiger partial charge in [-0.1, -0.05) is 12.1 Å². The molecule has 8 nitrogen and oxygen atoms in total. The van der Waals surface area contributed by atoms with Crippen molar-refractivity contribution >= 4 is 29.1 Å². The summed E-state index contributed by atoms with van der Waals surface area (Å²) in [5.74, 6) is -1.41. The molecule has 2 aromatic rings. The van der Waals surface area contributed by atoms with Gasteiger partial charge in [-0.15, -0.1) is 0 Å². The van der Waals surface area contributed by atoms with Crippen LogP contribution in [0.1, 0.15) is 23.5 Å². The van der Waals surface area contributed by atoms with Crippen LogP contribution in [0.3, 0.4) is 0 Å². The minimum Gasteiger partial charge on any atom is -0.482 e. The van der Waals surface area contributed by atoms with Crippen molar-refractivity contribution in [3.63, 3.8) is 0 Å². The zero-order valence-corrected chi connectivity index (χ0v) is 17.4. The second kappa shape index (κ2) is 8.80. The average molecular weight is 439 g/mol. The number of β-amino-alcohol motifs (C(OH)–C–C–N with tert-alkyl or cyclic N) is 1. The number of hydrogen-bond donors (Lipinski definition) is 3. The third-order valence-electron chi connectivity index (χ3n) is 5.51. The van der Waals surface area contributed by atoms with E-state index in [0.29, 0.717) is 33.8 Å². The molecule has 0 fully saturated rings. The van der Waals surface area contributed by atoms with Crippen molar-refractivity contribution in [3.05, 3.63) is 65.1 Å². The van der Waals surface area contributed by atoms with Crippen LogP contribution in [0, 0.1) is 12.7 Å². The van der Waals surface area contributed by atoms with Gasteiger partial charge in [0.2, 0.25) is 5.91 Å². The predicted octanol–water partition coefficient (Wildman–Crippen LogP) is 1.98. The third-order valence-corrected chi connectivity index (χ3v) is 5.51. The van der Waals surface area contributed by atoms with Crippen molar-refractivity contribution in [1.82, 2.24) is 5.32 Å². The van der Waals surface area contributed by atoms with E-state index >= 15 is 0 Å². The van der Waals surface area contributed by atoms with E-state index in [2.05, 4.69) is 10.6 Å². The van der Waals surface area contributed by atoms with Gasteiger partial charge in [-0.05, 0) is 42.3 Å². The molecule has 9 heteroatoms. The predicted molar refractivity (Wildman–Crippen MR) is 115 cm³/mol. The first-order valence-electron chi connectivity index (χ1n) is 10.1. The molecule has 0 aromatic heterocycles. The summed E-state index contributed by atoms with van der Waals surface area (Å²) in [4.78, 5) is 38.7. The number of amides is 3. The molecule has 1 atom stereocenters. The van der Waals surface area contributed by atoms with Gasteiger partial charge < -0.3 is 25.4 Å². The van der Waals surface area contributed by atoms with Gasteiger partial charge >= 0.3 is 0 Å². The zero-order valence-electron chi connectivity index (χ0n) is 17.4. The Morgan fingerprint density at radius 3 is 2.75 bits per heavy atom. The molecule has 3 N–H and O–H groups in total. The molecular formula is C23H22FN3O5. The number of benzene rings is 2. The normalized spacial score (nSPS) is 17.8. The number of carbonyl (C=O) groups is 3. The van der Waals surface area contributed by atoms with Crippen molar-refractivity contribution in [2.24, 2.45) is 0 Å². The van der Waals surface area contributed by atoms with Gasteiger partial charge in [0.25, 0.3) is 11.8 Å². The molecule has 2 heterocycles. The Labute approximate surface area is 183 Å². The van der Waals surface area contributed by atoms with Gasteiger partial charge in [0.15, 0.2) is 6.61 Å². The van der Waals surface area contributed by atoms with E-state index < -0.39 is 17.6 Å². The lowest BCUT2D eigenvalue weighted by atomic mass is 9.86. The van der Waals surface area contributed by atoms with Gasteiger partial charge in [-0.3, -0.25) is 14.4 Å². The van der Waals surface area contributed by atoms with Crippen LogP contribution in [0.2, 0.25) is 0 Å². The van der Waals surface area contributed by atoms with Crippen LogP contribution in [0.4, 0.5) is 15.8 Å². The first-order chi connectivity index (χ1) is 15.4. The number of halogens is 1. The largest absolute Gasteiger partial charge is 0.482 e. The van der Waals surface area contributed by atoms with E-state index in [-0.39, 0.29) is 38.0 Å². The first kappa shape index (κ1) is 21.5. The lowest BCUT2D eigenvalue weighted by Gasteiger charge is -2.30. The minimum atomic E-state index is -0.530. The molecule has 0 saturated heterocycles. The number of anilines is 2. The maximum atomic E-state index is 13.3. The Balaban J connectivity index is 1.63. The number of aliphatic hydroxyl groups is 1. The zero-order chi connectivity index (χ0) is 22.8. The van der Waals surface area contributed by atoms with E-state index in [1.165, 1.54) is 23.2 Å². The van der Waals surface area contributed by atoms with Crippen LogP contribution in [-0.4, -0.2) is 42.6 Å². The lowest BCUT2D eigenvalue weighted by molar-refractivity contribution is -0.122. The monoisotopic (exact) mass is 439 g/mol. The number of carbonyl (C=O) groups excluding carboxylic acids is 3. The van der Waals surface area contributed by atoms with Crippen molar-refractivity contribution in [1.29, 1.82) is 0 Å². The SMILES string of the molecule is Cc1cc2c(cc1NC(=O)C1=CNC(=O)CC1c1ccc(F)cc1)N(CCO)C(=O)CO2. The third kappa shape index (κ3) is 4.19. The molecule has 4 rings (SSSR count). The molecule has 0 aliphatic carbocycles. The van der Waals surface area contributed by atoms with E-state index in [1.807, 2.05) is 0 Å². The summed E-state index contributed by atoms with van der Waals surface area (Å²) in [7, 11) is 0. The molecule has 3 amide bonds. The molecule has 2 aliphatic rings. The number of hydrogen-bond acceptors (Lipinski definition) is 5.